The maximum absolute atomic E-state index is 12.3. The summed E-state index contributed by atoms with van der Waals surface area (Å²) < 4.78 is 0. The zero-order chi connectivity index (χ0) is 17.8. The molecule has 1 aromatic heterocycles. The zero-order valence-electron chi connectivity index (χ0n) is 13.3. The molecule has 3 rings (SSSR count). The largest absolute Gasteiger partial charge is 0.391 e. The van der Waals surface area contributed by atoms with Crippen LogP contribution in [0.25, 0.3) is 10.9 Å². The summed E-state index contributed by atoms with van der Waals surface area (Å²) in [7, 11) is 0. The van der Waals surface area contributed by atoms with E-state index in [-0.39, 0.29) is 18.1 Å². The number of non-ortho nitro benzene ring substituents is 1. The van der Waals surface area contributed by atoms with Crippen LogP contribution in [0.4, 0.5) is 5.69 Å². The summed E-state index contributed by atoms with van der Waals surface area (Å²) in [6.07, 6.45) is 1.22. The van der Waals surface area contributed by atoms with E-state index in [4.69, 9.17) is 0 Å². The van der Waals surface area contributed by atoms with Gasteiger partial charge in [0.25, 0.3) is 11.6 Å². The number of nitro groups is 1. The number of nitrogens with one attached hydrogen (secondary N) is 2. The molecule has 0 aliphatic carbocycles. The van der Waals surface area contributed by atoms with Crippen LogP contribution >= 0.6 is 0 Å². The van der Waals surface area contributed by atoms with Crippen LogP contribution in [0.3, 0.4) is 0 Å². The van der Waals surface area contributed by atoms with E-state index in [0.717, 1.165) is 5.56 Å². The molecule has 1 heterocycles. The lowest BCUT2D eigenvalue weighted by atomic mass is 10.1. The van der Waals surface area contributed by atoms with Crippen molar-refractivity contribution in [1.82, 2.24) is 10.3 Å². The Morgan fingerprint density at radius 3 is 2.72 bits per heavy atom. The second-order valence-electron chi connectivity index (χ2n) is 5.74. The zero-order valence-corrected chi connectivity index (χ0v) is 13.3. The summed E-state index contributed by atoms with van der Waals surface area (Å²) in [6.45, 7) is 0.0926. The number of aromatic amines is 1. The van der Waals surface area contributed by atoms with Gasteiger partial charge in [-0.3, -0.25) is 14.9 Å². The number of hydrogen-bond donors (Lipinski definition) is 3. The Morgan fingerprint density at radius 2 is 2.00 bits per heavy atom. The minimum atomic E-state index is -0.717. The molecule has 1 amide bonds. The van der Waals surface area contributed by atoms with Crippen molar-refractivity contribution < 1.29 is 14.8 Å². The fourth-order valence-corrected chi connectivity index (χ4v) is 2.67. The normalized spacial score (nSPS) is 12.0. The van der Waals surface area contributed by atoms with Crippen LogP contribution in [0.5, 0.6) is 0 Å². The van der Waals surface area contributed by atoms with Crippen LogP contribution in [-0.2, 0) is 6.42 Å². The van der Waals surface area contributed by atoms with E-state index in [0.29, 0.717) is 22.9 Å². The van der Waals surface area contributed by atoms with Crippen LogP contribution < -0.4 is 5.32 Å². The fraction of sp³-hybridized carbons (Fsp3) is 0.167. The number of hydrogen-bond acceptors (Lipinski definition) is 4. The van der Waals surface area contributed by atoms with E-state index in [9.17, 15) is 20.0 Å². The molecule has 0 fully saturated rings. The molecule has 7 nitrogen and oxygen atoms in total. The quantitative estimate of drug-likeness (QED) is 0.473. The van der Waals surface area contributed by atoms with Crippen LogP contribution in [0.1, 0.15) is 15.9 Å². The van der Waals surface area contributed by atoms with Crippen molar-refractivity contribution in [2.24, 2.45) is 0 Å². The van der Waals surface area contributed by atoms with Gasteiger partial charge in [0, 0.05) is 42.2 Å². The highest BCUT2D eigenvalue weighted by Crippen LogP contribution is 2.23. The van der Waals surface area contributed by atoms with Crippen molar-refractivity contribution in [1.29, 1.82) is 0 Å². The highest BCUT2D eigenvalue weighted by Gasteiger charge is 2.16. The third-order valence-corrected chi connectivity index (χ3v) is 3.93. The summed E-state index contributed by atoms with van der Waals surface area (Å²) >= 11 is 0. The Morgan fingerprint density at radius 1 is 1.24 bits per heavy atom. The van der Waals surface area contributed by atoms with Crippen molar-refractivity contribution >= 4 is 22.5 Å². The van der Waals surface area contributed by atoms with Gasteiger partial charge in [0.1, 0.15) is 0 Å². The van der Waals surface area contributed by atoms with Crippen LogP contribution in [0.2, 0.25) is 0 Å². The number of carbonyl (C=O) groups excluding carboxylic acids is 1. The summed E-state index contributed by atoms with van der Waals surface area (Å²) in [4.78, 5) is 25.7. The second-order valence-corrected chi connectivity index (χ2v) is 5.74. The van der Waals surface area contributed by atoms with E-state index in [2.05, 4.69) is 10.3 Å². The van der Waals surface area contributed by atoms with E-state index in [1.807, 2.05) is 30.3 Å². The first-order chi connectivity index (χ1) is 12.0. The molecule has 128 valence electrons. The van der Waals surface area contributed by atoms with E-state index in [1.165, 1.54) is 18.3 Å². The number of amides is 1. The number of nitrogens with zero attached hydrogens (tertiary/aromatic N) is 1. The molecule has 1 unspecified atom stereocenters. The number of aliphatic hydroxyl groups is 1. The van der Waals surface area contributed by atoms with Crippen molar-refractivity contribution in [3.05, 3.63) is 76.0 Å². The number of fused-ring (bicyclic) bond motifs is 1. The lowest BCUT2D eigenvalue weighted by molar-refractivity contribution is -0.384. The maximum atomic E-state index is 12.3. The Hall–Kier alpha value is -3.19. The van der Waals surface area contributed by atoms with Gasteiger partial charge in [-0.15, -0.1) is 0 Å². The average molecular weight is 339 g/mol. The predicted molar refractivity (Wildman–Crippen MR) is 93.4 cm³/mol. The Balaban J connectivity index is 1.68. The fourth-order valence-electron chi connectivity index (χ4n) is 2.67. The van der Waals surface area contributed by atoms with E-state index >= 15 is 0 Å². The number of aliphatic hydroxyl groups excluding tert-OH is 1. The third-order valence-electron chi connectivity index (χ3n) is 3.93. The molecule has 1 atom stereocenters. The molecular formula is C18H17N3O4. The molecule has 2 aromatic carbocycles. The van der Waals surface area contributed by atoms with Gasteiger partial charge in [-0.1, -0.05) is 30.3 Å². The van der Waals surface area contributed by atoms with Crippen molar-refractivity contribution in [3.63, 3.8) is 0 Å². The number of nitro benzene ring substituents is 1. The summed E-state index contributed by atoms with van der Waals surface area (Å²) in [6, 6.07) is 13.8. The highest BCUT2D eigenvalue weighted by atomic mass is 16.6. The smallest absolute Gasteiger partial charge is 0.270 e. The Labute approximate surface area is 143 Å². The van der Waals surface area contributed by atoms with Gasteiger partial charge in [-0.05, 0) is 11.6 Å². The van der Waals surface area contributed by atoms with Gasteiger partial charge in [-0.2, -0.15) is 0 Å². The maximum Gasteiger partial charge on any atom is 0.270 e. The third kappa shape index (κ3) is 3.84. The first-order valence-electron chi connectivity index (χ1n) is 7.80. The topological polar surface area (TPSA) is 108 Å². The van der Waals surface area contributed by atoms with Gasteiger partial charge in [0.2, 0.25) is 0 Å². The van der Waals surface area contributed by atoms with Crippen molar-refractivity contribution in [3.8, 4) is 0 Å². The number of aromatic nitrogens is 1. The van der Waals surface area contributed by atoms with E-state index in [1.54, 1.807) is 6.07 Å². The average Bonchev–Trinajstić information content (AvgIpc) is 3.03. The molecule has 0 aliphatic heterocycles. The summed E-state index contributed by atoms with van der Waals surface area (Å²) in [5, 5.41) is 24.1. The lowest BCUT2D eigenvalue weighted by Crippen LogP contribution is -2.33. The molecule has 0 bridgehead atoms. The van der Waals surface area contributed by atoms with Gasteiger partial charge in [0.15, 0.2) is 0 Å². The van der Waals surface area contributed by atoms with Crippen molar-refractivity contribution in [2.75, 3.05) is 6.54 Å². The molecule has 25 heavy (non-hydrogen) atoms. The first-order valence-corrected chi connectivity index (χ1v) is 7.80. The molecule has 3 aromatic rings. The number of rotatable bonds is 6. The van der Waals surface area contributed by atoms with Crippen LogP contribution in [0, 0.1) is 10.1 Å². The van der Waals surface area contributed by atoms with Gasteiger partial charge in [0.05, 0.1) is 16.6 Å². The van der Waals surface area contributed by atoms with Crippen molar-refractivity contribution in [2.45, 2.75) is 12.5 Å². The second kappa shape index (κ2) is 7.14. The lowest BCUT2D eigenvalue weighted by Gasteiger charge is -2.11. The molecule has 0 saturated carbocycles. The number of H-pyrrole nitrogens is 1. The molecule has 7 heteroatoms. The van der Waals surface area contributed by atoms with Crippen LogP contribution in [-0.4, -0.2) is 33.6 Å². The minimum absolute atomic E-state index is 0.0785. The minimum Gasteiger partial charge on any atom is -0.391 e. The Kier molecular flexibility index (Phi) is 4.76. The Bertz CT molecular complexity index is 905. The van der Waals surface area contributed by atoms with Gasteiger partial charge >= 0.3 is 0 Å². The number of carbonyl (C=O) groups is 1. The monoisotopic (exact) mass is 339 g/mol. The molecule has 0 spiro atoms. The van der Waals surface area contributed by atoms with E-state index < -0.39 is 11.0 Å². The molecular weight excluding hydrogens is 322 g/mol. The highest BCUT2D eigenvalue weighted by molar-refractivity contribution is 6.07. The molecule has 0 radical (unpaired) electrons. The number of benzene rings is 2. The van der Waals surface area contributed by atoms with Crippen LogP contribution in [0.15, 0.2) is 54.7 Å². The predicted octanol–water partition coefficient (Wildman–Crippen LogP) is 2.41. The molecule has 0 aliphatic rings. The van der Waals surface area contributed by atoms with Gasteiger partial charge < -0.3 is 15.4 Å². The molecule has 0 saturated heterocycles. The van der Waals surface area contributed by atoms with Gasteiger partial charge in [-0.25, -0.2) is 0 Å². The SMILES string of the molecule is O=C(NCC(O)Cc1ccccc1)c1c[nH]c2ccc([N+](=O)[O-])cc12. The standard InChI is InChI=1S/C18H17N3O4/c22-14(8-12-4-2-1-3-5-12)10-20-18(23)16-11-19-17-7-6-13(21(24)25)9-15(16)17/h1-7,9,11,14,19,22H,8,10H2,(H,20,23). The first kappa shape index (κ1) is 16.7. The summed E-state index contributed by atoms with van der Waals surface area (Å²) in [5.41, 5.74) is 1.85. The molecule has 3 N–H and O–H groups in total. The summed E-state index contributed by atoms with van der Waals surface area (Å²) in [5.74, 6) is -0.390.